The average molecular weight is 272 g/mol. The zero-order valence-electron chi connectivity index (χ0n) is 11.3. The van der Waals surface area contributed by atoms with Crippen LogP contribution in [0.3, 0.4) is 0 Å². The molecule has 5 heteroatoms. The van der Waals surface area contributed by atoms with E-state index in [0.29, 0.717) is 17.6 Å². The van der Waals surface area contributed by atoms with Crippen LogP contribution in [0.2, 0.25) is 5.15 Å². The lowest BCUT2D eigenvalue weighted by atomic mass is 9.78. The predicted molar refractivity (Wildman–Crippen MR) is 72.9 cm³/mol. The van der Waals surface area contributed by atoms with E-state index in [1.165, 1.54) is 0 Å². The fourth-order valence-corrected chi connectivity index (χ4v) is 3.07. The lowest BCUT2D eigenvalue weighted by molar-refractivity contribution is -0.00254. The average Bonchev–Trinajstić information content (AvgIpc) is 2.57. The van der Waals surface area contributed by atoms with E-state index >= 15 is 0 Å². The summed E-state index contributed by atoms with van der Waals surface area (Å²) in [5.74, 6) is 0. The summed E-state index contributed by atoms with van der Waals surface area (Å²) >= 11 is 6.23. The van der Waals surface area contributed by atoms with E-state index in [1.54, 1.807) is 4.68 Å². The van der Waals surface area contributed by atoms with Gasteiger partial charge < -0.3 is 10.4 Å². The van der Waals surface area contributed by atoms with E-state index in [4.69, 9.17) is 11.6 Å². The molecule has 1 aromatic rings. The number of nitrogens with one attached hydrogen (secondary N) is 1. The van der Waals surface area contributed by atoms with Gasteiger partial charge in [-0.25, -0.2) is 0 Å². The largest absolute Gasteiger partial charge is 0.390 e. The number of hydrogen-bond acceptors (Lipinski definition) is 3. The molecule has 1 aromatic heterocycles. The standard InChI is InChI=1S/C13H22ClN3O/c1-9-11(12(14)17(3)16-9)8-13(18)6-4-10(15-2)5-7-13/h10,15,18H,4-8H2,1-3H3. The van der Waals surface area contributed by atoms with Gasteiger partial charge in [-0.05, 0) is 39.7 Å². The van der Waals surface area contributed by atoms with Crippen molar-refractivity contribution in [2.24, 2.45) is 7.05 Å². The van der Waals surface area contributed by atoms with E-state index in [0.717, 1.165) is 36.9 Å². The number of nitrogens with zero attached hydrogens (tertiary/aromatic N) is 2. The number of rotatable bonds is 3. The first-order chi connectivity index (χ1) is 8.45. The van der Waals surface area contributed by atoms with Gasteiger partial charge in [0.1, 0.15) is 5.15 Å². The van der Waals surface area contributed by atoms with Gasteiger partial charge in [-0.2, -0.15) is 5.10 Å². The minimum Gasteiger partial charge on any atom is -0.390 e. The van der Waals surface area contributed by atoms with Crippen LogP contribution in [0.25, 0.3) is 0 Å². The fraction of sp³-hybridized carbons (Fsp3) is 0.769. The van der Waals surface area contributed by atoms with Gasteiger partial charge in [0.05, 0.1) is 11.3 Å². The highest BCUT2D eigenvalue weighted by Crippen LogP contribution is 2.34. The molecule has 0 atom stereocenters. The van der Waals surface area contributed by atoms with Crippen molar-refractivity contribution in [2.45, 2.75) is 50.7 Å². The van der Waals surface area contributed by atoms with Gasteiger partial charge in [-0.1, -0.05) is 11.6 Å². The molecule has 1 aliphatic carbocycles. The summed E-state index contributed by atoms with van der Waals surface area (Å²) in [4.78, 5) is 0. The van der Waals surface area contributed by atoms with Crippen LogP contribution < -0.4 is 5.32 Å². The fourth-order valence-electron chi connectivity index (χ4n) is 2.82. The van der Waals surface area contributed by atoms with Gasteiger partial charge in [-0.3, -0.25) is 4.68 Å². The Hall–Kier alpha value is -0.580. The Bertz CT molecular complexity index is 422. The normalized spacial score (nSPS) is 28.6. The highest BCUT2D eigenvalue weighted by atomic mass is 35.5. The number of aromatic nitrogens is 2. The Morgan fingerprint density at radius 2 is 2.11 bits per heavy atom. The van der Waals surface area contributed by atoms with Crippen LogP contribution in [-0.4, -0.2) is 33.6 Å². The summed E-state index contributed by atoms with van der Waals surface area (Å²) in [6.07, 6.45) is 4.29. The minimum atomic E-state index is -0.620. The minimum absolute atomic E-state index is 0.538. The van der Waals surface area contributed by atoms with Crippen molar-refractivity contribution in [3.05, 3.63) is 16.4 Å². The molecule has 0 radical (unpaired) electrons. The summed E-state index contributed by atoms with van der Waals surface area (Å²) in [6.45, 7) is 1.95. The highest BCUT2D eigenvalue weighted by molar-refractivity contribution is 6.30. The quantitative estimate of drug-likeness (QED) is 0.882. The van der Waals surface area contributed by atoms with E-state index in [-0.39, 0.29) is 0 Å². The third-order valence-corrected chi connectivity index (χ3v) is 4.57. The number of aliphatic hydroxyl groups is 1. The molecule has 1 aliphatic rings. The molecule has 2 rings (SSSR count). The molecule has 0 aromatic carbocycles. The maximum absolute atomic E-state index is 10.7. The van der Waals surface area contributed by atoms with E-state index < -0.39 is 5.60 Å². The first-order valence-electron chi connectivity index (χ1n) is 6.53. The van der Waals surface area contributed by atoms with Gasteiger partial charge in [0.15, 0.2) is 0 Å². The summed E-state index contributed by atoms with van der Waals surface area (Å²) in [5.41, 5.74) is 1.29. The van der Waals surface area contributed by atoms with Crippen molar-refractivity contribution in [3.63, 3.8) is 0 Å². The van der Waals surface area contributed by atoms with Crippen LogP contribution in [-0.2, 0) is 13.5 Å². The second-order valence-electron chi connectivity index (χ2n) is 5.44. The molecule has 102 valence electrons. The molecule has 1 saturated carbocycles. The van der Waals surface area contributed by atoms with Crippen molar-refractivity contribution in [2.75, 3.05) is 7.05 Å². The monoisotopic (exact) mass is 271 g/mol. The maximum Gasteiger partial charge on any atom is 0.130 e. The van der Waals surface area contributed by atoms with Crippen molar-refractivity contribution in [1.29, 1.82) is 0 Å². The lowest BCUT2D eigenvalue weighted by Crippen LogP contribution is -2.41. The van der Waals surface area contributed by atoms with Gasteiger partial charge in [0.25, 0.3) is 0 Å². The number of aryl methyl sites for hydroxylation is 2. The molecular formula is C13H22ClN3O. The molecule has 0 saturated heterocycles. The summed E-state index contributed by atoms with van der Waals surface area (Å²) < 4.78 is 1.68. The summed E-state index contributed by atoms with van der Waals surface area (Å²) in [7, 11) is 3.82. The van der Waals surface area contributed by atoms with Crippen LogP contribution in [0.4, 0.5) is 0 Å². The van der Waals surface area contributed by atoms with Gasteiger partial charge in [0.2, 0.25) is 0 Å². The number of halogens is 1. The lowest BCUT2D eigenvalue weighted by Gasteiger charge is -2.36. The molecule has 18 heavy (non-hydrogen) atoms. The Labute approximate surface area is 113 Å². The molecule has 0 aliphatic heterocycles. The molecule has 1 heterocycles. The molecule has 0 unspecified atom stereocenters. The third-order valence-electron chi connectivity index (χ3n) is 4.10. The van der Waals surface area contributed by atoms with Crippen LogP contribution >= 0.6 is 11.6 Å². The van der Waals surface area contributed by atoms with Crippen molar-refractivity contribution in [3.8, 4) is 0 Å². The second-order valence-corrected chi connectivity index (χ2v) is 5.80. The van der Waals surface area contributed by atoms with Crippen LogP contribution in [0.15, 0.2) is 0 Å². The van der Waals surface area contributed by atoms with E-state index in [1.807, 2.05) is 21.0 Å². The molecule has 2 N–H and O–H groups in total. The Balaban J connectivity index is 2.09. The van der Waals surface area contributed by atoms with Gasteiger partial charge >= 0.3 is 0 Å². The Morgan fingerprint density at radius 3 is 2.56 bits per heavy atom. The zero-order valence-corrected chi connectivity index (χ0v) is 12.1. The predicted octanol–water partition coefficient (Wildman–Crippen LogP) is 1.82. The summed E-state index contributed by atoms with van der Waals surface area (Å²) in [6, 6.07) is 0.538. The molecule has 0 bridgehead atoms. The topological polar surface area (TPSA) is 50.1 Å². The number of hydrogen-bond donors (Lipinski definition) is 2. The SMILES string of the molecule is CNC1CCC(O)(Cc2c(C)nn(C)c2Cl)CC1. The van der Waals surface area contributed by atoms with Gasteiger partial charge in [-0.15, -0.1) is 0 Å². The molecule has 1 fully saturated rings. The summed E-state index contributed by atoms with van der Waals surface area (Å²) in [5, 5.41) is 18.9. The van der Waals surface area contributed by atoms with Crippen molar-refractivity contribution in [1.82, 2.24) is 15.1 Å². The van der Waals surface area contributed by atoms with E-state index in [9.17, 15) is 5.11 Å². The smallest absolute Gasteiger partial charge is 0.130 e. The zero-order chi connectivity index (χ0) is 13.3. The Kier molecular flexibility index (Phi) is 3.99. The first kappa shape index (κ1) is 13.8. The Morgan fingerprint density at radius 1 is 1.50 bits per heavy atom. The van der Waals surface area contributed by atoms with Gasteiger partial charge in [0, 0.05) is 25.1 Å². The molecule has 4 nitrogen and oxygen atoms in total. The molecule has 0 spiro atoms. The van der Waals surface area contributed by atoms with Crippen LogP contribution in [0.5, 0.6) is 0 Å². The maximum atomic E-state index is 10.7. The molecule has 0 amide bonds. The van der Waals surface area contributed by atoms with Crippen molar-refractivity contribution >= 4 is 11.6 Å². The van der Waals surface area contributed by atoms with E-state index in [2.05, 4.69) is 10.4 Å². The second kappa shape index (κ2) is 5.19. The first-order valence-corrected chi connectivity index (χ1v) is 6.90. The van der Waals surface area contributed by atoms with Crippen molar-refractivity contribution < 1.29 is 5.11 Å². The third kappa shape index (κ3) is 2.71. The van der Waals surface area contributed by atoms with Crippen LogP contribution in [0, 0.1) is 6.92 Å². The van der Waals surface area contributed by atoms with Crippen LogP contribution in [0.1, 0.15) is 36.9 Å². The highest BCUT2D eigenvalue weighted by Gasteiger charge is 2.34. The molecular weight excluding hydrogens is 250 g/mol.